The van der Waals surface area contributed by atoms with Crippen LogP contribution in [-0.4, -0.2) is 40.0 Å². The lowest BCUT2D eigenvalue weighted by Gasteiger charge is -2.16. The van der Waals surface area contributed by atoms with Gasteiger partial charge in [0.25, 0.3) is 0 Å². The highest BCUT2D eigenvalue weighted by molar-refractivity contribution is 8.00. The quantitative estimate of drug-likeness (QED) is 0.535. The molecule has 0 saturated carbocycles. The van der Waals surface area contributed by atoms with Crippen molar-refractivity contribution in [2.24, 2.45) is 0 Å². The smallest absolute Gasteiger partial charge is 0.315 e. The molecule has 3 N–H and O–H groups in total. The first-order valence-corrected chi connectivity index (χ1v) is 10.4. The fraction of sp³-hybridized carbons (Fsp3) is 0.471. The van der Waals surface area contributed by atoms with Crippen molar-refractivity contribution in [3.05, 3.63) is 24.3 Å². The molecule has 2 saturated heterocycles. The van der Waals surface area contributed by atoms with Crippen LogP contribution in [0.3, 0.4) is 0 Å². The standard InChI is InChI=1S/C17H20N4O2S2/c22-14(20-17-19-10-5-1-2-6-12(10)25-17)8-4-3-7-13-15-11(9-24-13)18-16(23)21-15/h1-2,5-6,11,13,15H,3-4,7-9H2,(H2,18,21,23)(H,19,20,22)/t11-,13-,15+/m0/s1. The topological polar surface area (TPSA) is 83.1 Å². The average molecular weight is 377 g/mol. The summed E-state index contributed by atoms with van der Waals surface area (Å²) in [6.45, 7) is 0. The Morgan fingerprint density at radius 2 is 2.16 bits per heavy atom. The normalized spacial score (nSPS) is 24.8. The molecule has 0 unspecified atom stereocenters. The van der Waals surface area contributed by atoms with E-state index in [4.69, 9.17) is 0 Å². The monoisotopic (exact) mass is 376 g/mol. The predicted molar refractivity (Wildman–Crippen MR) is 102 cm³/mol. The van der Waals surface area contributed by atoms with Crippen molar-refractivity contribution in [3.8, 4) is 0 Å². The largest absolute Gasteiger partial charge is 0.332 e. The fourth-order valence-electron chi connectivity index (χ4n) is 3.38. The summed E-state index contributed by atoms with van der Waals surface area (Å²) < 4.78 is 1.08. The summed E-state index contributed by atoms with van der Waals surface area (Å²) in [5.41, 5.74) is 0.919. The Bertz CT molecular complexity index is 761. The zero-order chi connectivity index (χ0) is 17.2. The van der Waals surface area contributed by atoms with Crippen LogP contribution in [0.4, 0.5) is 9.93 Å². The van der Waals surface area contributed by atoms with Crippen molar-refractivity contribution >= 4 is 50.4 Å². The molecule has 0 aliphatic carbocycles. The van der Waals surface area contributed by atoms with E-state index < -0.39 is 0 Å². The van der Waals surface area contributed by atoms with E-state index in [-0.39, 0.29) is 24.0 Å². The second-order valence-electron chi connectivity index (χ2n) is 6.40. The van der Waals surface area contributed by atoms with Gasteiger partial charge in [-0.15, -0.1) is 0 Å². The molecule has 25 heavy (non-hydrogen) atoms. The number of nitrogens with zero attached hydrogens (tertiary/aromatic N) is 1. The summed E-state index contributed by atoms with van der Waals surface area (Å²) in [4.78, 5) is 27.9. The summed E-state index contributed by atoms with van der Waals surface area (Å²) in [7, 11) is 0. The highest BCUT2D eigenvalue weighted by Crippen LogP contribution is 2.33. The highest BCUT2D eigenvalue weighted by Gasteiger charge is 2.42. The van der Waals surface area contributed by atoms with Crippen LogP contribution in [0.1, 0.15) is 25.7 Å². The third kappa shape index (κ3) is 3.74. The predicted octanol–water partition coefficient (Wildman–Crippen LogP) is 2.96. The molecule has 0 radical (unpaired) electrons. The van der Waals surface area contributed by atoms with E-state index in [0.717, 1.165) is 35.2 Å². The number of carbonyl (C=O) groups is 2. The van der Waals surface area contributed by atoms with Crippen LogP contribution in [0.25, 0.3) is 10.2 Å². The third-order valence-electron chi connectivity index (χ3n) is 4.62. The second kappa shape index (κ2) is 7.21. The van der Waals surface area contributed by atoms with Crippen LogP contribution in [-0.2, 0) is 4.79 Å². The SMILES string of the molecule is O=C(CCCC[C@@H]1SC[C@@H]2NC(=O)N[C@H]21)Nc1nc2ccccc2s1. The number of thioether (sulfide) groups is 1. The number of benzene rings is 1. The maximum atomic E-state index is 12.1. The van der Waals surface area contributed by atoms with E-state index in [1.165, 1.54) is 11.3 Å². The Labute approximate surface area is 154 Å². The minimum absolute atomic E-state index is 0.0202. The van der Waals surface area contributed by atoms with Gasteiger partial charge in [-0.2, -0.15) is 11.8 Å². The number of hydrogen-bond donors (Lipinski definition) is 3. The van der Waals surface area contributed by atoms with Gasteiger partial charge in [0, 0.05) is 17.4 Å². The first-order chi connectivity index (χ1) is 12.2. The molecule has 6 nitrogen and oxygen atoms in total. The number of unbranched alkanes of at least 4 members (excludes halogenated alkanes) is 1. The van der Waals surface area contributed by atoms with Crippen molar-refractivity contribution in [1.82, 2.24) is 15.6 Å². The first kappa shape index (κ1) is 16.7. The summed E-state index contributed by atoms with van der Waals surface area (Å²) in [6.07, 6.45) is 3.38. The van der Waals surface area contributed by atoms with Gasteiger partial charge in [0.2, 0.25) is 5.91 Å². The number of nitrogens with one attached hydrogen (secondary N) is 3. The van der Waals surface area contributed by atoms with Gasteiger partial charge in [0.05, 0.1) is 22.3 Å². The van der Waals surface area contributed by atoms with Crippen molar-refractivity contribution in [2.75, 3.05) is 11.1 Å². The van der Waals surface area contributed by atoms with Crippen molar-refractivity contribution in [2.45, 2.75) is 43.0 Å². The molecular formula is C17H20N4O2S2. The molecule has 3 atom stereocenters. The van der Waals surface area contributed by atoms with E-state index in [1.807, 2.05) is 36.0 Å². The highest BCUT2D eigenvalue weighted by atomic mass is 32.2. The molecular weight excluding hydrogens is 356 g/mol. The lowest BCUT2D eigenvalue weighted by Crippen LogP contribution is -2.36. The maximum Gasteiger partial charge on any atom is 0.315 e. The van der Waals surface area contributed by atoms with Gasteiger partial charge in [0.15, 0.2) is 5.13 Å². The molecule has 2 aliphatic rings. The molecule has 2 aliphatic heterocycles. The Morgan fingerprint density at radius 1 is 1.28 bits per heavy atom. The van der Waals surface area contributed by atoms with E-state index in [2.05, 4.69) is 20.9 Å². The number of amides is 3. The summed E-state index contributed by atoms with van der Waals surface area (Å²) in [5, 5.41) is 9.98. The van der Waals surface area contributed by atoms with Crippen LogP contribution in [0, 0.1) is 0 Å². The molecule has 132 valence electrons. The summed E-state index contributed by atoms with van der Waals surface area (Å²) >= 11 is 3.42. The molecule has 2 aromatic rings. The minimum Gasteiger partial charge on any atom is -0.332 e. The fourth-order valence-corrected chi connectivity index (χ4v) is 5.81. The Morgan fingerprint density at radius 3 is 3.04 bits per heavy atom. The molecule has 4 rings (SSSR count). The van der Waals surface area contributed by atoms with Crippen LogP contribution in [0.5, 0.6) is 0 Å². The number of anilines is 1. The van der Waals surface area contributed by atoms with Gasteiger partial charge in [-0.1, -0.05) is 29.9 Å². The molecule has 0 bridgehead atoms. The van der Waals surface area contributed by atoms with Crippen molar-refractivity contribution in [1.29, 1.82) is 0 Å². The first-order valence-electron chi connectivity index (χ1n) is 8.53. The van der Waals surface area contributed by atoms with Gasteiger partial charge in [-0.3, -0.25) is 4.79 Å². The average Bonchev–Trinajstić information content (AvgIpc) is 3.25. The zero-order valence-electron chi connectivity index (χ0n) is 13.7. The van der Waals surface area contributed by atoms with Crippen LogP contribution in [0.15, 0.2) is 24.3 Å². The Kier molecular flexibility index (Phi) is 4.80. The van der Waals surface area contributed by atoms with Crippen LogP contribution in [0.2, 0.25) is 0 Å². The Hall–Kier alpha value is -1.80. The van der Waals surface area contributed by atoms with E-state index in [9.17, 15) is 9.59 Å². The number of carbonyl (C=O) groups excluding carboxylic acids is 2. The summed E-state index contributed by atoms with van der Waals surface area (Å²) in [6, 6.07) is 8.34. The number of fused-ring (bicyclic) bond motifs is 2. The van der Waals surface area contributed by atoms with Crippen LogP contribution < -0.4 is 16.0 Å². The van der Waals surface area contributed by atoms with E-state index in [0.29, 0.717) is 16.8 Å². The number of thiazole rings is 1. The van der Waals surface area contributed by atoms with Crippen molar-refractivity contribution in [3.63, 3.8) is 0 Å². The van der Waals surface area contributed by atoms with Crippen LogP contribution >= 0.6 is 23.1 Å². The van der Waals surface area contributed by atoms with Gasteiger partial charge in [-0.05, 0) is 25.0 Å². The molecule has 0 spiro atoms. The molecule has 2 fully saturated rings. The van der Waals surface area contributed by atoms with Gasteiger partial charge >= 0.3 is 6.03 Å². The molecule has 3 amide bonds. The number of rotatable bonds is 6. The van der Waals surface area contributed by atoms with Gasteiger partial charge in [0.1, 0.15) is 0 Å². The maximum absolute atomic E-state index is 12.1. The number of urea groups is 1. The molecule has 8 heteroatoms. The molecule has 1 aromatic heterocycles. The zero-order valence-corrected chi connectivity index (χ0v) is 15.3. The number of hydrogen-bond acceptors (Lipinski definition) is 5. The summed E-state index contributed by atoms with van der Waals surface area (Å²) in [5.74, 6) is 0.999. The van der Waals surface area contributed by atoms with Gasteiger partial charge in [-0.25, -0.2) is 9.78 Å². The van der Waals surface area contributed by atoms with E-state index >= 15 is 0 Å². The minimum atomic E-state index is -0.0458. The van der Waals surface area contributed by atoms with Gasteiger partial charge < -0.3 is 16.0 Å². The lowest BCUT2D eigenvalue weighted by molar-refractivity contribution is -0.116. The molecule has 1 aromatic carbocycles. The van der Waals surface area contributed by atoms with E-state index in [1.54, 1.807) is 0 Å². The Balaban J connectivity index is 1.20. The third-order valence-corrected chi connectivity index (χ3v) is 7.08. The molecule has 3 heterocycles. The number of para-hydroxylation sites is 1. The second-order valence-corrected chi connectivity index (χ2v) is 8.71. The lowest BCUT2D eigenvalue weighted by atomic mass is 10.0. The van der Waals surface area contributed by atoms with Crippen molar-refractivity contribution < 1.29 is 9.59 Å². The number of aromatic nitrogens is 1.